The van der Waals surface area contributed by atoms with Crippen LogP contribution in [0.25, 0.3) is 0 Å². The van der Waals surface area contributed by atoms with Crippen LogP contribution < -0.4 is 0 Å². The average molecular weight is 389 g/mol. The van der Waals surface area contributed by atoms with E-state index in [1.54, 1.807) is 0 Å². The van der Waals surface area contributed by atoms with E-state index >= 15 is 0 Å². The Hall–Kier alpha value is -1.06. The van der Waals surface area contributed by atoms with Gasteiger partial charge < -0.3 is 15.3 Å². The number of aromatic hydroxyl groups is 1. The van der Waals surface area contributed by atoms with Crippen LogP contribution in [-0.2, 0) is 5.41 Å². The van der Waals surface area contributed by atoms with Crippen molar-refractivity contribution < 1.29 is 15.3 Å². The molecule has 2 fully saturated rings. The number of unbranched alkanes of at least 4 members (excludes halogenated alkanes) is 3. The van der Waals surface area contributed by atoms with Gasteiger partial charge in [0, 0.05) is 0 Å². The molecule has 0 radical (unpaired) electrons. The fraction of sp³-hybridized carbons (Fsp3) is 0.760. The number of hydrogen-bond acceptors (Lipinski definition) is 3. The summed E-state index contributed by atoms with van der Waals surface area (Å²) >= 11 is 0. The summed E-state index contributed by atoms with van der Waals surface area (Å²) in [6.45, 7) is 6.77. The first-order valence-corrected chi connectivity index (χ1v) is 11.5. The summed E-state index contributed by atoms with van der Waals surface area (Å²) in [5.41, 5.74) is 2.22. The summed E-state index contributed by atoms with van der Waals surface area (Å²) in [6.07, 6.45) is 9.81. The Morgan fingerprint density at radius 2 is 1.75 bits per heavy atom. The second-order valence-electron chi connectivity index (χ2n) is 10.1. The normalized spacial score (nSPS) is 30.8. The van der Waals surface area contributed by atoms with Gasteiger partial charge >= 0.3 is 0 Å². The zero-order valence-corrected chi connectivity index (χ0v) is 18.0. The van der Waals surface area contributed by atoms with Gasteiger partial charge in [0.1, 0.15) is 5.75 Å². The van der Waals surface area contributed by atoms with Gasteiger partial charge in [0.25, 0.3) is 0 Å². The molecular weight excluding hydrogens is 348 g/mol. The fourth-order valence-corrected chi connectivity index (χ4v) is 5.72. The highest BCUT2D eigenvalue weighted by atomic mass is 16.3. The second-order valence-corrected chi connectivity index (χ2v) is 10.1. The maximum Gasteiger partial charge on any atom is 0.119 e. The van der Waals surface area contributed by atoms with E-state index < -0.39 is 0 Å². The summed E-state index contributed by atoms with van der Waals surface area (Å²) in [7, 11) is 0. The van der Waals surface area contributed by atoms with Crippen LogP contribution in [0.2, 0.25) is 0 Å². The summed E-state index contributed by atoms with van der Waals surface area (Å²) in [5.74, 6) is 1.35. The lowest BCUT2D eigenvalue weighted by atomic mass is 9.62. The molecule has 3 nitrogen and oxygen atoms in total. The predicted molar refractivity (Wildman–Crippen MR) is 115 cm³/mol. The Kier molecular flexibility index (Phi) is 7.09. The smallest absolute Gasteiger partial charge is 0.119 e. The highest BCUT2D eigenvalue weighted by molar-refractivity contribution is 5.42. The molecule has 0 amide bonds. The van der Waals surface area contributed by atoms with Gasteiger partial charge in [-0.1, -0.05) is 58.6 Å². The van der Waals surface area contributed by atoms with Crippen molar-refractivity contribution in [2.24, 2.45) is 11.8 Å². The van der Waals surface area contributed by atoms with Gasteiger partial charge in [0.2, 0.25) is 0 Å². The van der Waals surface area contributed by atoms with Crippen LogP contribution in [0.1, 0.15) is 102 Å². The molecule has 28 heavy (non-hydrogen) atoms. The van der Waals surface area contributed by atoms with E-state index in [4.69, 9.17) is 0 Å². The van der Waals surface area contributed by atoms with Gasteiger partial charge in [-0.25, -0.2) is 0 Å². The van der Waals surface area contributed by atoms with Crippen LogP contribution in [0.5, 0.6) is 5.75 Å². The SMILES string of the molecule is CCCCCCC(C)(C)c1ccc([C@@H]2C[C@H](O)C[C@@H]3CC[C@H](O)C[C@H]32)c(O)c1. The Balaban J connectivity index is 1.77. The number of fused-ring (bicyclic) bond motifs is 1. The third kappa shape index (κ3) is 4.91. The number of benzene rings is 1. The van der Waals surface area contributed by atoms with Crippen molar-refractivity contribution in [3.8, 4) is 5.75 Å². The zero-order chi connectivity index (χ0) is 20.3. The maximum atomic E-state index is 10.9. The molecular formula is C25H40O3. The van der Waals surface area contributed by atoms with Crippen molar-refractivity contribution >= 4 is 0 Å². The van der Waals surface area contributed by atoms with Crippen molar-refractivity contribution in [2.45, 2.75) is 109 Å². The lowest BCUT2D eigenvalue weighted by Gasteiger charge is -2.45. The van der Waals surface area contributed by atoms with E-state index in [9.17, 15) is 15.3 Å². The van der Waals surface area contributed by atoms with E-state index in [1.807, 2.05) is 6.07 Å². The molecule has 3 N–H and O–H groups in total. The molecule has 1 aromatic rings. The lowest BCUT2D eigenvalue weighted by molar-refractivity contribution is -0.00864. The van der Waals surface area contributed by atoms with Crippen LogP contribution in [0.15, 0.2) is 18.2 Å². The van der Waals surface area contributed by atoms with Crippen molar-refractivity contribution in [3.05, 3.63) is 29.3 Å². The van der Waals surface area contributed by atoms with E-state index in [0.29, 0.717) is 24.0 Å². The number of phenolic OH excluding ortho intramolecular Hbond substituents is 1. The Bertz CT molecular complexity index is 639. The minimum atomic E-state index is -0.296. The molecule has 5 atom stereocenters. The number of hydrogen-bond donors (Lipinski definition) is 3. The standard InChI is InChI=1S/C25H40O3/c1-4-5-6-7-12-25(2,3)18-9-11-21(24(28)14-18)23-16-20(27)13-17-8-10-19(26)15-22(17)23/h9,11,14,17,19-20,22-23,26-28H,4-8,10,12-13,15-16H2,1-3H3/t17-,19-,20+,22+,23-/m0/s1. The molecule has 0 bridgehead atoms. The summed E-state index contributed by atoms with van der Waals surface area (Å²) in [4.78, 5) is 0. The molecule has 0 saturated heterocycles. The molecule has 1 aromatic carbocycles. The molecule has 0 spiro atoms. The molecule has 0 unspecified atom stereocenters. The van der Waals surface area contributed by atoms with Crippen molar-refractivity contribution in [1.82, 2.24) is 0 Å². The number of phenols is 1. The molecule has 2 saturated carbocycles. The van der Waals surface area contributed by atoms with Crippen molar-refractivity contribution in [1.29, 1.82) is 0 Å². The van der Waals surface area contributed by atoms with Crippen molar-refractivity contribution in [2.75, 3.05) is 0 Å². The van der Waals surface area contributed by atoms with Gasteiger partial charge in [0.05, 0.1) is 12.2 Å². The highest BCUT2D eigenvalue weighted by Gasteiger charge is 2.42. The predicted octanol–water partition coefficient (Wildman–Crippen LogP) is 5.66. The molecule has 2 aliphatic rings. The lowest BCUT2D eigenvalue weighted by Crippen LogP contribution is -2.39. The molecule has 0 heterocycles. The first-order valence-electron chi connectivity index (χ1n) is 11.5. The van der Waals surface area contributed by atoms with E-state index in [1.165, 1.54) is 31.2 Å². The maximum absolute atomic E-state index is 10.9. The number of aliphatic hydroxyl groups excluding tert-OH is 2. The van der Waals surface area contributed by atoms with Gasteiger partial charge in [0.15, 0.2) is 0 Å². The van der Waals surface area contributed by atoms with Crippen molar-refractivity contribution in [3.63, 3.8) is 0 Å². The highest BCUT2D eigenvalue weighted by Crippen LogP contribution is 2.50. The Morgan fingerprint density at radius 1 is 0.964 bits per heavy atom. The topological polar surface area (TPSA) is 60.7 Å². The molecule has 2 aliphatic carbocycles. The average Bonchev–Trinajstić information content (AvgIpc) is 2.65. The van der Waals surface area contributed by atoms with E-state index in [2.05, 4.69) is 32.9 Å². The Morgan fingerprint density at radius 3 is 2.46 bits per heavy atom. The van der Waals surface area contributed by atoms with Crippen LogP contribution in [0.3, 0.4) is 0 Å². The minimum absolute atomic E-state index is 0.0550. The van der Waals surface area contributed by atoms with Crippen LogP contribution in [0.4, 0.5) is 0 Å². The second kappa shape index (κ2) is 9.17. The number of aliphatic hydroxyl groups is 2. The van der Waals surface area contributed by atoms with Crippen LogP contribution in [0, 0.1) is 11.8 Å². The first kappa shape index (κ1) is 21.6. The summed E-state index contributed by atoms with van der Waals surface area (Å²) in [6, 6.07) is 6.24. The quantitative estimate of drug-likeness (QED) is 0.529. The fourth-order valence-electron chi connectivity index (χ4n) is 5.72. The molecule has 158 valence electrons. The number of rotatable bonds is 7. The van der Waals surface area contributed by atoms with Crippen LogP contribution in [-0.4, -0.2) is 27.5 Å². The van der Waals surface area contributed by atoms with Gasteiger partial charge in [-0.2, -0.15) is 0 Å². The zero-order valence-electron chi connectivity index (χ0n) is 18.0. The molecule has 3 heteroatoms. The Labute approximate surface area is 171 Å². The van der Waals surface area contributed by atoms with Gasteiger partial charge in [-0.05, 0) is 78.9 Å². The van der Waals surface area contributed by atoms with Gasteiger partial charge in [-0.3, -0.25) is 0 Å². The van der Waals surface area contributed by atoms with E-state index in [-0.39, 0.29) is 23.5 Å². The monoisotopic (exact) mass is 388 g/mol. The summed E-state index contributed by atoms with van der Waals surface area (Å²) in [5, 5.41) is 31.5. The molecule has 0 aromatic heterocycles. The summed E-state index contributed by atoms with van der Waals surface area (Å²) < 4.78 is 0. The van der Waals surface area contributed by atoms with E-state index in [0.717, 1.165) is 37.7 Å². The largest absolute Gasteiger partial charge is 0.508 e. The third-order valence-corrected chi connectivity index (χ3v) is 7.50. The molecule has 3 rings (SSSR count). The van der Waals surface area contributed by atoms with Gasteiger partial charge in [-0.15, -0.1) is 0 Å². The third-order valence-electron chi connectivity index (χ3n) is 7.50. The minimum Gasteiger partial charge on any atom is -0.508 e. The van der Waals surface area contributed by atoms with Crippen LogP contribution >= 0.6 is 0 Å². The first-order chi connectivity index (χ1) is 13.3. The molecule has 0 aliphatic heterocycles.